The van der Waals surface area contributed by atoms with Crippen molar-refractivity contribution < 1.29 is 4.39 Å². The number of nitrogens with one attached hydrogen (secondary N) is 1. The van der Waals surface area contributed by atoms with Crippen LogP contribution < -0.4 is 5.32 Å². The SMILES string of the molecule is CCCNC1CCCN(CCc2cccc(F)c2)C1. The van der Waals surface area contributed by atoms with E-state index in [1.165, 1.54) is 31.9 Å². The van der Waals surface area contributed by atoms with Crippen LogP contribution in [0.1, 0.15) is 31.7 Å². The van der Waals surface area contributed by atoms with Gasteiger partial charge in [0.25, 0.3) is 0 Å². The van der Waals surface area contributed by atoms with Gasteiger partial charge in [-0.1, -0.05) is 19.1 Å². The van der Waals surface area contributed by atoms with E-state index >= 15 is 0 Å². The Kier molecular flexibility index (Phi) is 5.80. The molecule has 3 heteroatoms. The van der Waals surface area contributed by atoms with Gasteiger partial charge in [-0.05, 0) is 56.5 Å². The first-order chi connectivity index (χ1) is 9.28. The lowest BCUT2D eigenvalue weighted by Crippen LogP contribution is -2.46. The van der Waals surface area contributed by atoms with Gasteiger partial charge in [-0.3, -0.25) is 0 Å². The molecule has 0 spiro atoms. The zero-order valence-corrected chi connectivity index (χ0v) is 11.9. The molecule has 19 heavy (non-hydrogen) atoms. The number of halogens is 1. The van der Waals surface area contributed by atoms with Gasteiger partial charge in [-0.2, -0.15) is 0 Å². The van der Waals surface area contributed by atoms with Crippen LogP contribution in [0.5, 0.6) is 0 Å². The molecule has 2 rings (SSSR count). The van der Waals surface area contributed by atoms with E-state index in [0.29, 0.717) is 6.04 Å². The molecule has 0 aromatic heterocycles. The minimum Gasteiger partial charge on any atom is -0.313 e. The van der Waals surface area contributed by atoms with Crippen LogP contribution in [0.25, 0.3) is 0 Å². The fourth-order valence-corrected chi connectivity index (χ4v) is 2.75. The van der Waals surface area contributed by atoms with Gasteiger partial charge in [-0.25, -0.2) is 4.39 Å². The highest BCUT2D eigenvalue weighted by Gasteiger charge is 2.18. The van der Waals surface area contributed by atoms with Gasteiger partial charge in [0, 0.05) is 19.1 Å². The van der Waals surface area contributed by atoms with E-state index in [4.69, 9.17) is 0 Å². The Hall–Kier alpha value is -0.930. The second kappa shape index (κ2) is 7.61. The van der Waals surface area contributed by atoms with Crippen LogP contribution in [-0.4, -0.2) is 37.1 Å². The van der Waals surface area contributed by atoms with Gasteiger partial charge in [0.05, 0.1) is 0 Å². The molecular weight excluding hydrogens is 239 g/mol. The molecule has 0 aliphatic carbocycles. The van der Waals surface area contributed by atoms with Gasteiger partial charge >= 0.3 is 0 Å². The summed E-state index contributed by atoms with van der Waals surface area (Å²) in [5.41, 5.74) is 1.10. The van der Waals surface area contributed by atoms with Gasteiger partial charge in [-0.15, -0.1) is 0 Å². The molecule has 1 aromatic carbocycles. The molecule has 1 unspecified atom stereocenters. The van der Waals surface area contributed by atoms with Crippen molar-refractivity contribution in [1.82, 2.24) is 10.2 Å². The summed E-state index contributed by atoms with van der Waals surface area (Å²) in [5, 5.41) is 3.61. The third-order valence-corrected chi connectivity index (χ3v) is 3.79. The number of hydrogen-bond acceptors (Lipinski definition) is 2. The first kappa shape index (κ1) is 14.5. The van der Waals surface area contributed by atoms with Gasteiger partial charge in [0.2, 0.25) is 0 Å². The largest absolute Gasteiger partial charge is 0.313 e. The van der Waals surface area contributed by atoms with E-state index in [1.54, 1.807) is 12.1 Å². The smallest absolute Gasteiger partial charge is 0.123 e. The molecule has 0 radical (unpaired) electrons. The molecule has 1 aromatic rings. The lowest BCUT2D eigenvalue weighted by Gasteiger charge is -2.33. The van der Waals surface area contributed by atoms with Gasteiger partial charge in [0.1, 0.15) is 5.82 Å². The Morgan fingerprint density at radius 2 is 2.32 bits per heavy atom. The molecule has 1 aliphatic rings. The monoisotopic (exact) mass is 264 g/mol. The highest BCUT2D eigenvalue weighted by Crippen LogP contribution is 2.12. The fourth-order valence-electron chi connectivity index (χ4n) is 2.75. The maximum atomic E-state index is 13.1. The number of likely N-dealkylation sites (tertiary alicyclic amines) is 1. The average Bonchev–Trinajstić information content (AvgIpc) is 2.43. The number of benzene rings is 1. The van der Waals surface area contributed by atoms with Crippen molar-refractivity contribution in [3.05, 3.63) is 35.6 Å². The highest BCUT2D eigenvalue weighted by atomic mass is 19.1. The predicted molar refractivity (Wildman–Crippen MR) is 77.9 cm³/mol. The third kappa shape index (κ3) is 4.92. The zero-order valence-electron chi connectivity index (χ0n) is 11.9. The summed E-state index contributed by atoms with van der Waals surface area (Å²) in [6.45, 7) is 6.67. The maximum Gasteiger partial charge on any atom is 0.123 e. The number of rotatable bonds is 6. The second-order valence-corrected chi connectivity index (χ2v) is 5.47. The number of hydrogen-bond donors (Lipinski definition) is 1. The molecule has 0 bridgehead atoms. The van der Waals surface area contributed by atoms with E-state index in [1.807, 2.05) is 6.07 Å². The van der Waals surface area contributed by atoms with Crippen molar-refractivity contribution in [2.75, 3.05) is 26.2 Å². The van der Waals surface area contributed by atoms with Crippen LogP contribution in [0.2, 0.25) is 0 Å². The maximum absolute atomic E-state index is 13.1. The Balaban J connectivity index is 1.76. The third-order valence-electron chi connectivity index (χ3n) is 3.79. The Morgan fingerprint density at radius 1 is 1.42 bits per heavy atom. The van der Waals surface area contributed by atoms with Crippen molar-refractivity contribution >= 4 is 0 Å². The van der Waals surface area contributed by atoms with E-state index in [0.717, 1.165) is 31.6 Å². The van der Waals surface area contributed by atoms with Crippen molar-refractivity contribution in [3.8, 4) is 0 Å². The van der Waals surface area contributed by atoms with Gasteiger partial charge in [0.15, 0.2) is 0 Å². The quantitative estimate of drug-likeness (QED) is 0.850. The Morgan fingerprint density at radius 3 is 3.11 bits per heavy atom. The van der Waals surface area contributed by atoms with E-state index < -0.39 is 0 Å². The van der Waals surface area contributed by atoms with Crippen LogP contribution in [0.15, 0.2) is 24.3 Å². The molecule has 2 nitrogen and oxygen atoms in total. The first-order valence-electron chi connectivity index (χ1n) is 7.48. The summed E-state index contributed by atoms with van der Waals surface area (Å²) < 4.78 is 13.1. The molecule has 1 atom stereocenters. The van der Waals surface area contributed by atoms with Crippen LogP contribution in [0.3, 0.4) is 0 Å². The lowest BCUT2D eigenvalue weighted by atomic mass is 10.0. The van der Waals surface area contributed by atoms with E-state index in [2.05, 4.69) is 17.1 Å². The standard InChI is InChI=1S/C16H25FN2/c1-2-9-18-16-7-4-10-19(13-16)11-8-14-5-3-6-15(17)12-14/h3,5-6,12,16,18H,2,4,7-11,13H2,1H3. The van der Waals surface area contributed by atoms with Crippen LogP contribution in [-0.2, 0) is 6.42 Å². The average molecular weight is 264 g/mol. The first-order valence-corrected chi connectivity index (χ1v) is 7.48. The summed E-state index contributed by atoms with van der Waals surface area (Å²) in [6, 6.07) is 7.61. The molecule has 1 saturated heterocycles. The minimum absolute atomic E-state index is 0.126. The molecular formula is C16H25FN2. The van der Waals surface area contributed by atoms with Crippen molar-refractivity contribution in [2.24, 2.45) is 0 Å². The van der Waals surface area contributed by atoms with E-state index in [-0.39, 0.29) is 5.82 Å². The lowest BCUT2D eigenvalue weighted by molar-refractivity contribution is 0.193. The van der Waals surface area contributed by atoms with Crippen molar-refractivity contribution in [2.45, 2.75) is 38.6 Å². The Labute approximate surface area is 116 Å². The summed E-state index contributed by atoms with van der Waals surface area (Å²) in [7, 11) is 0. The summed E-state index contributed by atoms with van der Waals surface area (Å²) in [4.78, 5) is 2.50. The molecule has 106 valence electrons. The van der Waals surface area contributed by atoms with E-state index in [9.17, 15) is 4.39 Å². The second-order valence-electron chi connectivity index (χ2n) is 5.47. The summed E-state index contributed by atoms with van der Waals surface area (Å²) in [5.74, 6) is -0.126. The molecule has 1 fully saturated rings. The topological polar surface area (TPSA) is 15.3 Å². The number of piperidine rings is 1. The normalized spacial score (nSPS) is 20.6. The summed E-state index contributed by atoms with van der Waals surface area (Å²) >= 11 is 0. The molecule has 0 amide bonds. The molecule has 1 heterocycles. The zero-order chi connectivity index (χ0) is 13.5. The minimum atomic E-state index is -0.126. The summed E-state index contributed by atoms with van der Waals surface area (Å²) in [6.07, 6.45) is 4.69. The highest BCUT2D eigenvalue weighted by molar-refractivity contribution is 5.16. The van der Waals surface area contributed by atoms with Crippen molar-refractivity contribution in [3.63, 3.8) is 0 Å². The van der Waals surface area contributed by atoms with Crippen LogP contribution in [0.4, 0.5) is 4.39 Å². The molecule has 1 N–H and O–H groups in total. The molecule has 1 aliphatic heterocycles. The van der Waals surface area contributed by atoms with Crippen LogP contribution in [0, 0.1) is 5.82 Å². The fraction of sp³-hybridized carbons (Fsp3) is 0.625. The predicted octanol–water partition coefficient (Wildman–Crippen LogP) is 2.83. The molecule has 0 saturated carbocycles. The van der Waals surface area contributed by atoms with Crippen molar-refractivity contribution in [1.29, 1.82) is 0 Å². The van der Waals surface area contributed by atoms with Gasteiger partial charge < -0.3 is 10.2 Å². The van der Waals surface area contributed by atoms with Crippen LogP contribution >= 0.6 is 0 Å². The Bertz CT molecular complexity index is 381. The number of nitrogens with zero attached hydrogens (tertiary/aromatic N) is 1.